The van der Waals surface area contributed by atoms with E-state index < -0.39 is 11.6 Å². The van der Waals surface area contributed by atoms with E-state index in [0.717, 1.165) is 5.56 Å². The summed E-state index contributed by atoms with van der Waals surface area (Å²) >= 11 is 0. The van der Waals surface area contributed by atoms with Gasteiger partial charge in [0.25, 0.3) is 0 Å². The van der Waals surface area contributed by atoms with Crippen LogP contribution in [0.2, 0.25) is 0 Å². The molecule has 0 saturated heterocycles. The predicted molar refractivity (Wildman–Crippen MR) is 93.1 cm³/mol. The van der Waals surface area contributed by atoms with Crippen LogP contribution in [-0.4, -0.2) is 16.7 Å². The van der Waals surface area contributed by atoms with Gasteiger partial charge in [-0.1, -0.05) is 48.5 Å². The van der Waals surface area contributed by atoms with Crippen molar-refractivity contribution in [2.24, 2.45) is 0 Å². The molecule has 9 heteroatoms. The van der Waals surface area contributed by atoms with E-state index in [1.54, 1.807) is 42.5 Å². The normalized spacial score (nSPS) is 10.1. The van der Waals surface area contributed by atoms with Gasteiger partial charge in [-0.3, -0.25) is 19.4 Å². The van der Waals surface area contributed by atoms with Gasteiger partial charge in [-0.15, -0.1) is 0 Å². The van der Waals surface area contributed by atoms with Gasteiger partial charge >= 0.3 is 0 Å². The molecule has 0 amide bonds. The number of allylic oxidation sites excluding steroid dienone is 1. The Morgan fingerprint density at radius 3 is 1.68 bits per heavy atom. The first-order chi connectivity index (χ1) is 12.0. The molecular formula is C16H12N6O3-2. The fraction of sp³-hybridized carbons (Fsp3) is 0. The molecule has 0 aromatic heterocycles. The highest BCUT2D eigenvalue weighted by molar-refractivity contribution is 6.49. The molecule has 0 heterocycles. The van der Waals surface area contributed by atoms with Crippen molar-refractivity contribution in [2.45, 2.75) is 0 Å². The molecule has 1 aliphatic carbocycles. The molecule has 2 aromatic rings. The van der Waals surface area contributed by atoms with Crippen LogP contribution in [-0.2, 0) is 4.79 Å². The predicted octanol–water partition coefficient (Wildman–Crippen LogP) is 4.59. The molecular weight excluding hydrogens is 324 g/mol. The molecule has 0 aliphatic heterocycles. The first kappa shape index (κ1) is 20.9. The molecule has 25 heavy (non-hydrogen) atoms. The zero-order valence-electron chi connectivity index (χ0n) is 12.8. The number of aromatic hydroxyl groups is 1. The first-order valence-corrected chi connectivity index (χ1v) is 6.58. The van der Waals surface area contributed by atoms with Crippen molar-refractivity contribution in [1.82, 2.24) is 0 Å². The highest BCUT2D eigenvalue weighted by Crippen LogP contribution is 2.16. The van der Waals surface area contributed by atoms with Crippen LogP contribution in [0.5, 0.6) is 5.75 Å². The summed E-state index contributed by atoms with van der Waals surface area (Å²) in [6, 6.07) is 15.8. The number of hydrogen-bond acceptors (Lipinski definition) is 3. The number of phenolic OH excluding ortho intramolecular Hbond substituents is 1. The molecule has 3 rings (SSSR count). The maximum Gasteiger partial charge on any atom is 0.233 e. The van der Waals surface area contributed by atoms with Crippen LogP contribution < -0.4 is 0 Å². The van der Waals surface area contributed by atoms with Crippen molar-refractivity contribution in [3.05, 3.63) is 104 Å². The van der Waals surface area contributed by atoms with Gasteiger partial charge in [0.2, 0.25) is 11.6 Å². The van der Waals surface area contributed by atoms with Crippen molar-refractivity contribution < 1.29 is 14.7 Å². The quantitative estimate of drug-likeness (QED) is 0.321. The molecule has 2 aromatic carbocycles. The maximum absolute atomic E-state index is 11.2. The fourth-order valence-corrected chi connectivity index (χ4v) is 1.65. The Morgan fingerprint density at radius 1 is 0.720 bits per heavy atom. The largest absolute Gasteiger partial charge is 0.508 e. The maximum atomic E-state index is 11.2. The summed E-state index contributed by atoms with van der Waals surface area (Å²) in [5.41, 5.74) is 28.3. The van der Waals surface area contributed by atoms with Gasteiger partial charge in [-0.05, 0) is 23.8 Å². The zero-order chi connectivity index (χ0) is 19.1. The molecule has 9 nitrogen and oxygen atoms in total. The lowest BCUT2D eigenvalue weighted by Gasteiger charge is -2.06. The van der Waals surface area contributed by atoms with Crippen molar-refractivity contribution in [3.63, 3.8) is 0 Å². The standard InChI is InChI=1S/C10H6O2.C6H6O.2N3/c11-9-6-5-7-3-1-2-4-8(7)10(9)12;7-6-4-2-1-3-5-6;2*1-3-2/h1-6H;1-5,7H;;/q;;2*-1. The fourth-order valence-electron chi connectivity index (χ4n) is 1.65. The van der Waals surface area contributed by atoms with Crippen LogP contribution in [0.4, 0.5) is 0 Å². The lowest BCUT2D eigenvalue weighted by molar-refractivity contribution is -0.110. The second kappa shape index (κ2) is 12.5. The average molecular weight is 336 g/mol. The van der Waals surface area contributed by atoms with Crippen LogP contribution in [0.1, 0.15) is 15.9 Å². The highest BCUT2D eigenvalue weighted by Gasteiger charge is 2.19. The van der Waals surface area contributed by atoms with Crippen LogP contribution >= 0.6 is 0 Å². The second-order valence-corrected chi connectivity index (χ2v) is 4.13. The number of carbonyl (C=O) groups is 2. The van der Waals surface area contributed by atoms with Gasteiger partial charge in [-0.25, -0.2) is 0 Å². The summed E-state index contributed by atoms with van der Waals surface area (Å²) in [5, 5.41) is 8.63. The number of carbonyl (C=O) groups excluding carboxylic acids is 2. The minimum atomic E-state index is -0.436. The summed E-state index contributed by atoms with van der Waals surface area (Å²) in [6.45, 7) is 0. The molecule has 0 unspecified atom stereocenters. The summed E-state index contributed by atoms with van der Waals surface area (Å²) in [6.07, 6.45) is 2.98. The molecule has 0 atom stereocenters. The number of benzene rings is 2. The summed E-state index contributed by atoms with van der Waals surface area (Å²) in [7, 11) is 0. The van der Waals surface area contributed by atoms with E-state index >= 15 is 0 Å². The minimum absolute atomic E-state index is 0.322. The first-order valence-electron chi connectivity index (χ1n) is 6.58. The SMILES string of the molecule is O=C1C=Cc2ccccc2C1=O.Oc1ccccc1.[N-]=[N+]=[N-].[N-]=[N+]=[N-]. The number of Topliss-reactive ketones (excluding diaryl/α,β-unsaturated/α-hetero) is 1. The molecule has 0 spiro atoms. The summed E-state index contributed by atoms with van der Waals surface area (Å²) < 4.78 is 0. The number of fused-ring (bicyclic) bond motifs is 1. The Bertz CT molecular complexity index is 794. The lowest BCUT2D eigenvalue weighted by Crippen LogP contribution is -2.15. The lowest BCUT2D eigenvalue weighted by atomic mass is 9.96. The molecule has 0 fully saturated rings. The van der Waals surface area contributed by atoms with Gasteiger partial charge < -0.3 is 27.2 Å². The van der Waals surface area contributed by atoms with Crippen molar-refractivity contribution >= 4 is 17.6 Å². The van der Waals surface area contributed by atoms with Gasteiger partial charge in [-0.2, -0.15) is 0 Å². The number of rotatable bonds is 0. The molecule has 126 valence electrons. The van der Waals surface area contributed by atoms with Crippen LogP contribution in [0.25, 0.3) is 38.0 Å². The molecule has 0 radical (unpaired) electrons. The van der Waals surface area contributed by atoms with E-state index in [4.69, 9.17) is 27.2 Å². The average Bonchev–Trinajstić information content (AvgIpc) is 2.61. The summed E-state index contributed by atoms with van der Waals surface area (Å²) in [5.74, 6) is -0.524. The molecule has 1 N–H and O–H groups in total. The van der Waals surface area contributed by atoms with E-state index in [-0.39, 0.29) is 0 Å². The number of ketones is 2. The number of hydrogen-bond donors (Lipinski definition) is 1. The minimum Gasteiger partial charge on any atom is -0.508 e. The smallest absolute Gasteiger partial charge is 0.233 e. The van der Waals surface area contributed by atoms with Gasteiger partial charge in [0.15, 0.2) is 0 Å². The summed E-state index contributed by atoms with van der Waals surface area (Å²) in [4.78, 5) is 25.1. The van der Waals surface area contributed by atoms with E-state index in [1.807, 2.05) is 18.2 Å². The van der Waals surface area contributed by atoms with E-state index in [1.165, 1.54) is 15.9 Å². The van der Waals surface area contributed by atoms with Crippen molar-refractivity contribution in [2.75, 3.05) is 0 Å². The molecule has 0 saturated carbocycles. The monoisotopic (exact) mass is 336 g/mol. The number of nitrogens with zero attached hydrogens (tertiary/aromatic N) is 6. The molecule has 0 bridgehead atoms. The van der Waals surface area contributed by atoms with E-state index in [9.17, 15) is 9.59 Å². The van der Waals surface area contributed by atoms with Crippen LogP contribution in [0.15, 0.2) is 60.7 Å². The topological polar surface area (TPSA) is 172 Å². The molecule has 1 aliphatic rings. The Morgan fingerprint density at radius 2 is 1.20 bits per heavy atom. The van der Waals surface area contributed by atoms with E-state index in [2.05, 4.69) is 0 Å². The van der Waals surface area contributed by atoms with Gasteiger partial charge in [0, 0.05) is 5.56 Å². The van der Waals surface area contributed by atoms with Crippen LogP contribution in [0.3, 0.4) is 0 Å². The van der Waals surface area contributed by atoms with Gasteiger partial charge in [0.1, 0.15) is 5.75 Å². The second-order valence-electron chi connectivity index (χ2n) is 4.13. The Kier molecular flexibility index (Phi) is 10.5. The van der Waals surface area contributed by atoms with Gasteiger partial charge in [0.05, 0.1) is 0 Å². The third-order valence-corrected chi connectivity index (χ3v) is 2.60. The van der Waals surface area contributed by atoms with Crippen LogP contribution in [0, 0.1) is 0 Å². The number of para-hydroxylation sites is 1. The Labute approximate surface area is 142 Å². The third kappa shape index (κ3) is 8.22. The Hall–Kier alpha value is -4.06. The van der Waals surface area contributed by atoms with Crippen molar-refractivity contribution in [1.29, 1.82) is 0 Å². The van der Waals surface area contributed by atoms with Crippen molar-refractivity contribution in [3.8, 4) is 5.75 Å². The van der Waals surface area contributed by atoms with E-state index in [0.29, 0.717) is 11.3 Å². The zero-order valence-corrected chi connectivity index (χ0v) is 12.8. The highest BCUT2D eigenvalue weighted by atomic mass is 16.3. The number of phenols is 1. The third-order valence-electron chi connectivity index (χ3n) is 2.60. The Balaban J connectivity index is 0.000000377.